The van der Waals surface area contributed by atoms with E-state index < -0.39 is 11.9 Å². The van der Waals surface area contributed by atoms with E-state index in [2.05, 4.69) is 36.1 Å². The Kier molecular flexibility index (Phi) is 3.88. The van der Waals surface area contributed by atoms with Crippen molar-refractivity contribution in [2.75, 3.05) is 6.54 Å². The molecule has 1 aromatic heterocycles. The van der Waals surface area contributed by atoms with Crippen molar-refractivity contribution in [3.8, 4) is 0 Å². The van der Waals surface area contributed by atoms with Crippen molar-refractivity contribution in [3.63, 3.8) is 0 Å². The lowest BCUT2D eigenvalue weighted by atomic mass is 9.92. The largest absolute Gasteiger partial charge is 0.477 e. The summed E-state index contributed by atoms with van der Waals surface area (Å²) in [6.45, 7) is 6.69. The Morgan fingerprint density at radius 1 is 1.47 bits per heavy atom. The fraction of sp³-hybridized carbons (Fsp3) is 0.545. The van der Waals surface area contributed by atoms with E-state index in [0.717, 1.165) is 6.42 Å². The van der Waals surface area contributed by atoms with Crippen LogP contribution in [0.25, 0.3) is 0 Å². The van der Waals surface area contributed by atoms with Crippen LogP contribution in [0.15, 0.2) is 6.33 Å². The highest BCUT2D eigenvalue weighted by Crippen LogP contribution is 2.17. The molecule has 0 unspecified atom stereocenters. The highest BCUT2D eigenvalue weighted by Gasteiger charge is 2.19. The second kappa shape index (κ2) is 4.99. The SMILES string of the molecule is CC(C)(C)CCNC(=O)c1nc[nH]c1C(=O)O. The van der Waals surface area contributed by atoms with Crippen LogP contribution in [0, 0.1) is 5.41 Å². The molecule has 6 nitrogen and oxygen atoms in total. The monoisotopic (exact) mass is 239 g/mol. The number of nitrogens with one attached hydrogen (secondary N) is 2. The van der Waals surface area contributed by atoms with Crippen molar-refractivity contribution in [2.45, 2.75) is 27.2 Å². The minimum absolute atomic E-state index is 0.0774. The fourth-order valence-electron chi connectivity index (χ4n) is 1.26. The molecule has 0 aromatic carbocycles. The van der Waals surface area contributed by atoms with Crippen LogP contribution in [-0.4, -0.2) is 33.5 Å². The molecule has 17 heavy (non-hydrogen) atoms. The number of aromatic nitrogens is 2. The predicted molar refractivity (Wildman–Crippen MR) is 62.0 cm³/mol. The summed E-state index contributed by atoms with van der Waals surface area (Å²) in [5.41, 5.74) is -0.140. The zero-order chi connectivity index (χ0) is 13.1. The number of amides is 1. The number of carbonyl (C=O) groups excluding carboxylic acids is 1. The van der Waals surface area contributed by atoms with Gasteiger partial charge in [-0.25, -0.2) is 9.78 Å². The number of hydrogen-bond donors (Lipinski definition) is 3. The molecule has 0 fully saturated rings. The molecule has 3 N–H and O–H groups in total. The number of carboxylic acid groups (broad SMARTS) is 1. The molecular weight excluding hydrogens is 222 g/mol. The van der Waals surface area contributed by atoms with Gasteiger partial charge in [0.25, 0.3) is 5.91 Å². The summed E-state index contributed by atoms with van der Waals surface area (Å²) >= 11 is 0. The molecule has 0 aliphatic carbocycles. The first-order chi connectivity index (χ1) is 7.81. The minimum atomic E-state index is -1.19. The first-order valence-corrected chi connectivity index (χ1v) is 5.36. The topological polar surface area (TPSA) is 95.1 Å². The Bertz CT molecular complexity index is 418. The lowest BCUT2D eigenvalue weighted by Crippen LogP contribution is -2.28. The minimum Gasteiger partial charge on any atom is -0.477 e. The first-order valence-electron chi connectivity index (χ1n) is 5.36. The van der Waals surface area contributed by atoms with Gasteiger partial charge in [-0.1, -0.05) is 20.8 Å². The molecule has 94 valence electrons. The van der Waals surface area contributed by atoms with Crippen molar-refractivity contribution in [1.29, 1.82) is 0 Å². The highest BCUT2D eigenvalue weighted by molar-refractivity contribution is 6.02. The smallest absolute Gasteiger partial charge is 0.354 e. The Hall–Kier alpha value is -1.85. The van der Waals surface area contributed by atoms with Crippen molar-refractivity contribution in [2.24, 2.45) is 5.41 Å². The van der Waals surface area contributed by atoms with Gasteiger partial charge in [0.2, 0.25) is 0 Å². The van der Waals surface area contributed by atoms with Crippen LogP contribution in [0.2, 0.25) is 0 Å². The molecule has 6 heteroatoms. The predicted octanol–water partition coefficient (Wildman–Crippen LogP) is 1.27. The number of rotatable bonds is 4. The van der Waals surface area contributed by atoms with E-state index in [9.17, 15) is 9.59 Å². The molecule has 0 atom stereocenters. The van der Waals surface area contributed by atoms with Crippen molar-refractivity contribution in [1.82, 2.24) is 15.3 Å². The summed E-state index contributed by atoms with van der Waals surface area (Å²) in [5.74, 6) is -1.66. The normalized spacial score (nSPS) is 11.2. The molecule has 0 saturated heterocycles. The van der Waals surface area contributed by atoms with Gasteiger partial charge < -0.3 is 15.4 Å². The Morgan fingerprint density at radius 2 is 2.12 bits per heavy atom. The van der Waals surface area contributed by atoms with E-state index in [1.165, 1.54) is 6.33 Å². The van der Waals surface area contributed by atoms with Gasteiger partial charge in [0.05, 0.1) is 6.33 Å². The molecule has 0 aliphatic heterocycles. The molecule has 1 amide bonds. The molecule has 0 radical (unpaired) electrons. The zero-order valence-electron chi connectivity index (χ0n) is 10.2. The number of hydrogen-bond acceptors (Lipinski definition) is 3. The number of carboxylic acids is 1. The van der Waals surface area contributed by atoms with Crippen LogP contribution in [0.1, 0.15) is 48.2 Å². The second-order valence-electron chi connectivity index (χ2n) is 5.00. The number of nitrogens with zero attached hydrogens (tertiary/aromatic N) is 1. The van der Waals surface area contributed by atoms with Crippen molar-refractivity contribution in [3.05, 3.63) is 17.7 Å². The number of H-pyrrole nitrogens is 1. The molecule has 1 aromatic rings. The van der Waals surface area contributed by atoms with E-state index in [1.54, 1.807) is 0 Å². The maximum Gasteiger partial charge on any atom is 0.354 e. The summed E-state index contributed by atoms with van der Waals surface area (Å²) in [6, 6.07) is 0. The van der Waals surface area contributed by atoms with Gasteiger partial charge in [-0.2, -0.15) is 0 Å². The quantitative estimate of drug-likeness (QED) is 0.737. The van der Waals surface area contributed by atoms with Crippen LogP contribution in [0.5, 0.6) is 0 Å². The molecule has 1 heterocycles. The maximum atomic E-state index is 11.7. The Morgan fingerprint density at radius 3 is 2.65 bits per heavy atom. The maximum absolute atomic E-state index is 11.7. The summed E-state index contributed by atoms with van der Waals surface area (Å²) in [5, 5.41) is 11.5. The molecular formula is C11H17N3O3. The van der Waals surface area contributed by atoms with E-state index in [1.807, 2.05) is 0 Å². The van der Waals surface area contributed by atoms with E-state index in [4.69, 9.17) is 5.11 Å². The van der Waals surface area contributed by atoms with Gasteiger partial charge in [-0.3, -0.25) is 4.79 Å². The third-order valence-corrected chi connectivity index (χ3v) is 2.23. The van der Waals surface area contributed by atoms with Gasteiger partial charge in [-0.05, 0) is 11.8 Å². The number of carbonyl (C=O) groups is 2. The van der Waals surface area contributed by atoms with E-state index in [0.29, 0.717) is 6.54 Å². The molecule has 0 spiro atoms. The Labute approximate surface area is 99.4 Å². The first kappa shape index (κ1) is 13.2. The van der Waals surface area contributed by atoms with E-state index >= 15 is 0 Å². The standard InChI is InChI=1S/C11H17N3O3/c1-11(2,3)4-5-12-9(15)7-8(10(16)17)14-6-13-7/h6H,4-5H2,1-3H3,(H,12,15)(H,13,14)(H,16,17). The zero-order valence-corrected chi connectivity index (χ0v) is 10.2. The van der Waals surface area contributed by atoms with Gasteiger partial charge in [0.1, 0.15) is 0 Å². The van der Waals surface area contributed by atoms with Crippen LogP contribution in [0.3, 0.4) is 0 Å². The molecule has 0 aliphatic rings. The molecule has 1 rings (SSSR count). The van der Waals surface area contributed by atoms with Crippen LogP contribution >= 0.6 is 0 Å². The molecule has 0 saturated carbocycles. The number of aromatic carboxylic acids is 1. The van der Waals surface area contributed by atoms with Gasteiger partial charge in [-0.15, -0.1) is 0 Å². The summed E-state index contributed by atoms with van der Waals surface area (Å²) < 4.78 is 0. The lowest BCUT2D eigenvalue weighted by Gasteiger charge is -2.17. The highest BCUT2D eigenvalue weighted by atomic mass is 16.4. The van der Waals surface area contributed by atoms with Crippen LogP contribution in [-0.2, 0) is 0 Å². The van der Waals surface area contributed by atoms with Crippen molar-refractivity contribution >= 4 is 11.9 Å². The number of aromatic amines is 1. The van der Waals surface area contributed by atoms with Gasteiger partial charge >= 0.3 is 5.97 Å². The second-order valence-corrected chi connectivity index (χ2v) is 5.00. The van der Waals surface area contributed by atoms with E-state index in [-0.39, 0.29) is 16.8 Å². The van der Waals surface area contributed by atoms with Gasteiger partial charge in [0, 0.05) is 6.54 Å². The summed E-state index contributed by atoms with van der Waals surface area (Å²) in [7, 11) is 0. The van der Waals surface area contributed by atoms with Crippen molar-refractivity contribution < 1.29 is 14.7 Å². The average molecular weight is 239 g/mol. The fourth-order valence-corrected chi connectivity index (χ4v) is 1.26. The third kappa shape index (κ3) is 3.90. The summed E-state index contributed by atoms with van der Waals surface area (Å²) in [6.07, 6.45) is 2.01. The van der Waals surface area contributed by atoms with Crippen LogP contribution < -0.4 is 5.32 Å². The third-order valence-electron chi connectivity index (χ3n) is 2.23. The Balaban J connectivity index is 2.59. The lowest BCUT2D eigenvalue weighted by molar-refractivity contribution is 0.0685. The number of imidazole rings is 1. The van der Waals surface area contributed by atoms with Gasteiger partial charge in [0.15, 0.2) is 11.4 Å². The van der Waals surface area contributed by atoms with Crippen LogP contribution in [0.4, 0.5) is 0 Å². The molecule has 0 bridgehead atoms. The average Bonchev–Trinajstić information content (AvgIpc) is 2.63. The summed E-state index contributed by atoms with van der Waals surface area (Å²) in [4.78, 5) is 28.6.